The Balaban J connectivity index is 1.13. The Bertz CT molecular complexity index is 778. The van der Waals surface area contributed by atoms with Crippen LogP contribution in [-0.4, -0.2) is 29.9 Å². The van der Waals surface area contributed by atoms with E-state index in [4.69, 9.17) is 14.2 Å². The molecule has 3 unspecified atom stereocenters. The molecule has 170 valence electrons. The van der Waals surface area contributed by atoms with Gasteiger partial charge in [-0.1, -0.05) is 53.2 Å². The van der Waals surface area contributed by atoms with Gasteiger partial charge in [-0.2, -0.15) is 0 Å². The third-order valence-electron chi connectivity index (χ3n) is 10.0. The first-order valence-corrected chi connectivity index (χ1v) is 13.6. The molecule has 4 heteroatoms. The first-order valence-electron chi connectivity index (χ1n) is 12.7. The fraction of sp³-hybridized carbons (Fsp3) is 0.778. The zero-order chi connectivity index (χ0) is 21.1. The summed E-state index contributed by atoms with van der Waals surface area (Å²) in [6.45, 7) is 4.77. The SMILES string of the molecule is C[C@]12CC[C@H]3[C@@H](CCC4CC(OCc5ccccc5)CC[C@@H]43)[C@@H]1CC(Br)C21OCCO1. The second kappa shape index (κ2) is 8.11. The molecular formula is C27H37BrO3. The van der Waals surface area contributed by atoms with Gasteiger partial charge in [0.1, 0.15) is 0 Å². The van der Waals surface area contributed by atoms with Crippen molar-refractivity contribution in [2.45, 2.75) is 81.6 Å². The lowest BCUT2D eigenvalue weighted by molar-refractivity contribution is -0.240. The molecular weight excluding hydrogens is 452 g/mol. The van der Waals surface area contributed by atoms with Gasteiger partial charge in [0.2, 0.25) is 0 Å². The highest BCUT2D eigenvalue weighted by Crippen LogP contribution is 2.68. The topological polar surface area (TPSA) is 27.7 Å². The zero-order valence-corrected chi connectivity index (χ0v) is 20.4. The van der Waals surface area contributed by atoms with Crippen molar-refractivity contribution in [1.29, 1.82) is 0 Å². The van der Waals surface area contributed by atoms with Crippen molar-refractivity contribution in [2.75, 3.05) is 13.2 Å². The van der Waals surface area contributed by atoms with Crippen LogP contribution in [0, 0.1) is 35.0 Å². The molecule has 0 amide bonds. The van der Waals surface area contributed by atoms with Crippen molar-refractivity contribution in [3.8, 4) is 0 Å². The summed E-state index contributed by atoms with van der Waals surface area (Å²) in [5.74, 6) is 3.91. The number of fused-ring (bicyclic) bond motifs is 6. The van der Waals surface area contributed by atoms with Crippen molar-refractivity contribution in [1.82, 2.24) is 0 Å². The minimum Gasteiger partial charge on any atom is -0.374 e. The fourth-order valence-corrected chi connectivity index (χ4v) is 9.80. The average molecular weight is 489 g/mol. The Morgan fingerprint density at radius 2 is 1.71 bits per heavy atom. The summed E-state index contributed by atoms with van der Waals surface area (Å²) in [6, 6.07) is 10.7. The van der Waals surface area contributed by atoms with Crippen LogP contribution in [0.1, 0.15) is 63.9 Å². The van der Waals surface area contributed by atoms with Crippen molar-refractivity contribution in [3.05, 3.63) is 35.9 Å². The number of halogens is 1. The summed E-state index contributed by atoms with van der Waals surface area (Å²) < 4.78 is 19.1. The van der Waals surface area contributed by atoms with Crippen molar-refractivity contribution in [2.24, 2.45) is 35.0 Å². The fourth-order valence-electron chi connectivity index (χ4n) is 8.61. The minimum atomic E-state index is -0.373. The maximum absolute atomic E-state index is 6.38. The van der Waals surface area contributed by atoms with Gasteiger partial charge in [-0.25, -0.2) is 0 Å². The minimum absolute atomic E-state index is 0.168. The lowest BCUT2D eigenvalue weighted by Gasteiger charge is -2.57. The summed E-state index contributed by atoms with van der Waals surface area (Å²) in [5, 5.41) is 0. The van der Waals surface area contributed by atoms with Gasteiger partial charge in [0.15, 0.2) is 5.79 Å². The van der Waals surface area contributed by atoms with Gasteiger partial charge < -0.3 is 14.2 Å². The summed E-state index contributed by atoms with van der Waals surface area (Å²) >= 11 is 4.01. The second-order valence-electron chi connectivity index (χ2n) is 11.2. The van der Waals surface area contributed by atoms with E-state index in [9.17, 15) is 0 Å². The Morgan fingerprint density at radius 1 is 0.935 bits per heavy atom. The van der Waals surface area contributed by atoms with E-state index in [-0.39, 0.29) is 11.2 Å². The molecule has 4 saturated carbocycles. The molecule has 1 aromatic carbocycles. The van der Waals surface area contributed by atoms with Crippen LogP contribution in [0.4, 0.5) is 0 Å². The molecule has 0 radical (unpaired) electrons. The number of hydrogen-bond donors (Lipinski definition) is 0. The summed E-state index contributed by atoms with van der Waals surface area (Å²) in [6.07, 6.45) is 11.0. The van der Waals surface area contributed by atoms with Gasteiger partial charge >= 0.3 is 0 Å². The van der Waals surface area contributed by atoms with Crippen molar-refractivity contribution < 1.29 is 14.2 Å². The Morgan fingerprint density at radius 3 is 2.52 bits per heavy atom. The van der Waals surface area contributed by atoms with Crippen LogP contribution in [0.3, 0.4) is 0 Å². The van der Waals surface area contributed by atoms with Gasteiger partial charge in [-0.15, -0.1) is 0 Å². The Kier molecular flexibility index (Phi) is 5.53. The zero-order valence-electron chi connectivity index (χ0n) is 18.8. The second-order valence-corrected chi connectivity index (χ2v) is 12.3. The molecule has 5 fully saturated rings. The summed E-state index contributed by atoms with van der Waals surface area (Å²) in [5.41, 5.74) is 1.47. The molecule has 1 aliphatic heterocycles. The van der Waals surface area contributed by atoms with Crippen LogP contribution in [0.5, 0.6) is 0 Å². The Labute approximate surface area is 195 Å². The van der Waals surface area contributed by atoms with Crippen LogP contribution in [0.15, 0.2) is 30.3 Å². The molecule has 0 bridgehead atoms. The van der Waals surface area contributed by atoms with E-state index in [0.717, 1.165) is 49.4 Å². The van der Waals surface area contributed by atoms with Crippen LogP contribution in [0.2, 0.25) is 0 Å². The van der Waals surface area contributed by atoms with Crippen molar-refractivity contribution >= 4 is 15.9 Å². The van der Waals surface area contributed by atoms with E-state index >= 15 is 0 Å². The van der Waals surface area contributed by atoms with E-state index in [2.05, 4.69) is 53.2 Å². The average Bonchev–Trinajstić information content (AvgIpc) is 3.39. The van der Waals surface area contributed by atoms with Crippen LogP contribution in [-0.2, 0) is 20.8 Å². The molecule has 0 aromatic heterocycles. The van der Waals surface area contributed by atoms with E-state index < -0.39 is 0 Å². The van der Waals surface area contributed by atoms with Gasteiger partial charge in [-0.05, 0) is 86.5 Å². The van der Waals surface area contributed by atoms with E-state index in [1.54, 1.807) is 0 Å². The maximum Gasteiger partial charge on any atom is 0.186 e. The molecule has 5 aliphatic rings. The predicted molar refractivity (Wildman–Crippen MR) is 125 cm³/mol. The lowest BCUT2D eigenvalue weighted by Crippen LogP contribution is -2.55. The largest absolute Gasteiger partial charge is 0.374 e. The highest BCUT2D eigenvalue weighted by Gasteiger charge is 2.69. The monoisotopic (exact) mass is 488 g/mol. The van der Waals surface area contributed by atoms with Gasteiger partial charge in [-0.3, -0.25) is 0 Å². The first kappa shape index (κ1) is 21.1. The van der Waals surface area contributed by atoms with E-state index in [1.807, 2.05) is 0 Å². The molecule has 3 nitrogen and oxygen atoms in total. The highest BCUT2D eigenvalue weighted by atomic mass is 79.9. The Hall–Kier alpha value is -0.420. The number of alkyl halides is 1. The van der Waals surface area contributed by atoms with Gasteiger partial charge in [0.25, 0.3) is 0 Å². The number of ether oxygens (including phenoxy) is 3. The molecule has 6 rings (SSSR count). The molecule has 0 N–H and O–H groups in total. The van der Waals surface area contributed by atoms with Crippen molar-refractivity contribution in [3.63, 3.8) is 0 Å². The number of benzene rings is 1. The number of rotatable bonds is 3. The van der Waals surface area contributed by atoms with Crippen LogP contribution in [0.25, 0.3) is 0 Å². The molecule has 1 saturated heterocycles. The molecule has 4 aliphatic carbocycles. The molecule has 1 heterocycles. The lowest BCUT2D eigenvalue weighted by atomic mass is 9.50. The van der Waals surface area contributed by atoms with E-state index in [0.29, 0.717) is 10.9 Å². The summed E-state index contributed by atoms with van der Waals surface area (Å²) in [7, 11) is 0. The molecule has 31 heavy (non-hydrogen) atoms. The maximum atomic E-state index is 6.38. The predicted octanol–water partition coefficient (Wildman–Crippen LogP) is 6.34. The summed E-state index contributed by atoms with van der Waals surface area (Å²) in [4.78, 5) is 0.344. The molecule has 8 atom stereocenters. The molecule has 1 aromatic rings. The molecule has 1 spiro atoms. The van der Waals surface area contributed by atoms with E-state index in [1.165, 1.54) is 56.9 Å². The quantitative estimate of drug-likeness (QED) is 0.464. The normalized spacial score (nSPS) is 45.8. The van der Waals surface area contributed by atoms with Crippen LogP contribution >= 0.6 is 15.9 Å². The third kappa shape index (κ3) is 3.30. The highest BCUT2D eigenvalue weighted by molar-refractivity contribution is 9.09. The van der Waals surface area contributed by atoms with Gasteiger partial charge in [0, 0.05) is 5.41 Å². The third-order valence-corrected chi connectivity index (χ3v) is 11.0. The standard InChI is InChI=1S/C27H37BrO3/c1-26-12-11-22-21-10-8-20(29-17-18-5-3-2-4-6-18)15-19(21)7-9-23(22)24(26)16-25(28)27(26)30-13-14-31-27/h2-6,19-25H,7-17H2,1H3/t19?,20?,21-,22+,23+,24-,25?,26-/m0/s1. The van der Waals surface area contributed by atoms with Gasteiger partial charge in [0.05, 0.1) is 30.8 Å². The first-order chi connectivity index (χ1) is 15.1. The smallest absolute Gasteiger partial charge is 0.186 e. The number of hydrogen-bond acceptors (Lipinski definition) is 3. The van der Waals surface area contributed by atoms with Crippen LogP contribution < -0.4 is 0 Å².